The molecule has 0 saturated heterocycles. The van der Waals surface area contributed by atoms with Gasteiger partial charge in [0.1, 0.15) is 11.3 Å². The van der Waals surface area contributed by atoms with E-state index in [0.717, 1.165) is 28.2 Å². The van der Waals surface area contributed by atoms with Crippen molar-refractivity contribution in [2.75, 3.05) is 0 Å². The molecule has 3 aromatic rings. The van der Waals surface area contributed by atoms with Gasteiger partial charge in [-0.05, 0) is 6.92 Å². The van der Waals surface area contributed by atoms with Crippen molar-refractivity contribution in [1.82, 2.24) is 19.7 Å². The van der Waals surface area contributed by atoms with E-state index >= 15 is 0 Å². The summed E-state index contributed by atoms with van der Waals surface area (Å²) < 4.78 is 1.80. The van der Waals surface area contributed by atoms with Crippen molar-refractivity contribution in [2.24, 2.45) is 7.05 Å². The maximum Gasteiger partial charge on any atom is 0.176 e. The molecule has 0 aliphatic carbocycles. The first-order valence-corrected chi connectivity index (χ1v) is 5.20. The molecule has 1 N–H and O–H groups in total. The number of aromatic amines is 1. The quantitative estimate of drug-likeness (QED) is 0.672. The van der Waals surface area contributed by atoms with Gasteiger partial charge < -0.3 is 4.98 Å². The Morgan fingerprint density at radius 3 is 2.62 bits per heavy atom. The molecule has 3 rings (SSSR count). The van der Waals surface area contributed by atoms with Crippen LogP contribution in [0.25, 0.3) is 22.6 Å². The Hall–Kier alpha value is -2.10. The number of H-pyrrole nitrogens is 1. The van der Waals surface area contributed by atoms with Crippen LogP contribution in [0.5, 0.6) is 0 Å². The Labute approximate surface area is 92.9 Å². The van der Waals surface area contributed by atoms with E-state index in [1.165, 1.54) is 0 Å². The second-order valence-electron chi connectivity index (χ2n) is 3.86. The van der Waals surface area contributed by atoms with Crippen molar-refractivity contribution in [1.29, 1.82) is 0 Å². The standard InChI is InChI=1S/C12H12N4/c1-8-10-12(16(2)15-8)14-11(13-10)9-6-4-3-5-7-9/h3-7H,1-2H3,(H,13,14). The second-order valence-corrected chi connectivity index (χ2v) is 3.86. The number of nitrogens with one attached hydrogen (secondary N) is 1. The lowest BCUT2D eigenvalue weighted by Crippen LogP contribution is -1.91. The average molecular weight is 212 g/mol. The molecule has 0 amide bonds. The number of rotatable bonds is 1. The lowest BCUT2D eigenvalue weighted by atomic mass is 10.2. The van der Waals surface area contributed by atoms with Crippen molar-refractivity contribution in [2.45, 2.75) is 6.92 Å². The highest BCUT2D eigenvalue weighted by Crippen LogP contribution is 2.21. The third kappa shape index (κ3) is 1.23. The zero-order valence-electron chi connectivity index (χ0n) is 9.23. The molecule has 1 aromatic carbocycles. The molecule has 0 saturated carbocycles. The van der Waals surface area contributed by atoms with Gasteiger partial charge in [0, 0.05) is 12.6 Å². The van der Waals surface area contributed by atoms with Gasteiger partial charge in [0.2, 0.25) is 0 Å². The summed E-state index contributed by atoms with van der Waals surface area (Å²) in [6.45, 7) is 1.98. The average Bonchev–Trinajstić information content (AvgIpc) is 2.83. The van der Waals surface area contributed by atoms with Gasteiger partial charge in [0.25, 0.3) is 0 Å². The third-order valence-corrected chi connectivity index (χ3v) is 2.70. The minimum Gasteiger partial charge on any atom is -0.335 e. The van der Waals surface area contributed by atoms with Crippen molar-refractivity contribution in [3.05, 3.63) is 36.0 Å². The van der Waals surface area contributed by atoms with Gasteiger partial charge in [-0.1, -0.05) is 30.3 Å². The molecular weight excluding hydrogens is 200 g/mol. The molecule has 0 fully saturated rings. The fourth-order valence-electron chi connectivity index (χ4n) is 1.91. The first-order chi connectivity index (χ1) is 7.75. The molecule has 4 nitrogen and oxygen atoms in total. The van der Waals surface area contributed by atoms with E-state index in [-0.39, 0.29) is 0 Å². The van der Waals surface area contributed by atoms with Crippen molar-refractivity contribution >= 4 is 11.2 Å². The number of hydrogen-bond donors (Lipinski definition) is 1. The second kappa shape index (κ2) is 3.20. The molecule has 16 heavy (non-hydrogen) atoms. The SMILES string of the molecule is Cc1nn(C)c2nc(-c3ccccc3)[nH]c12. The molecule has 0 atom stereocenters. The van der Waals surface area contributed by atoms with Gasteiger partial charge in [-0.3, -0.25) is 0 Å². The number of imidazole rings is 1. The Balaban J connectivity index is 2.23. The summed E-state index contributed by atoms with van der Waals surface area (Å²) in [5.74, 6) is 0.895. The van der Waals surface area contributed by atoms with Gasteiger partial charge in [-0.2, -0.15) is 5.10 Å². The summed E-state index contributed by atoms with van der Waals surface area (Å²) in [7, 11) is 1.91. The fraction of sp³-hybridized carbons (Fsp3) is 0.167. The fourth-order valence-corrected chi connectivity index (χ4v) is 1.91. The first kappa shape index (κ1) is 9.15. The monoisotopic (exact) mass is 212 g/mol. The molecule has 4 heteroatoms. The topological polar surface area (TPSA) is 46.5 Å². The molecule has 0 unspecified atom stereocenters. The molecule has 2 aromatic heterocycles. The summed E-state index contributed by atoms with van der Waals surface area (Å²) in [6, 6.07) is 10.1. The van der Waals surface area contributed by atoms with E-state index in [9.17, 15) is 0 Å². The highest BCUT2D eigenvalue weighted by atomic mass is 15.3. The number of fused-ring (bicyclic) bond motifs is 1. The molecule has 80 valence electrons. The minimum absolute atomic E-state index is 0.895. The van der Waals surface area contributed by atoms with E-state index in [1.807, 2.05) is 44.3 Å². The smallest absolute Gasteiger partial charge is 0.176 e. The highest BCUT2D eigenvalue weighted by molar-refractivity contribution is 5.78. The van der Waals surface area contributed by atoms with Gasteiger partial charge in [-0.15, -0.1) is 0 Å². The normalized spacial score (nSPS) is 11.1. The van der Waals surface area contributed by atoms with E-state index in [2.05, 4.69) is 15.1 Å². The van der Waals surface area contributed by atoms with Gasteiger partial charge in [-0.25, -0.2) is 9.67 Å². The van der Waals surface area contributed by atoms with Crippen LogP contribution in [0.1, 0.15) is 5.69 Å². The van der Waals surface area contributed by atoms with Gasteiger partial charge in [0.05, 0.1) is 5.69 Å². The lowest BCUT2D eigenvalue weighted by molar-refractivity contribution is 0.773. The Morgan fingerprint density at radius 2 is 1.94 bits per heavy atom. The first-order valence-electron chi connectivity index (χ1n) is 5.20. The van der Waals surface area contributed by atoms with Crippen LogP contribution in [0, 0.1) is 6.92 Å². The van der Waals surface area contributed by atoms with Crippen molar-refractivity contribution < 1.29 is 0 Å². The maximum absolute atomic E-state index is 4.55. The summed E-state index contributed by atoms with van der Waals surface area (Å²) in [5, 5.41) is 4.31. The lowest BCUT2D eigenvalue weighted by Gasteiger charge is -1.94. The van der Waals surface area contributed by atoms with Crippen molar-refractivity contribution in [3.8, 4) is 11.4 Å². The predicted molar refractivity (Wildman–Crippen MR) is 63.0 cm³/mol. The Bertz CT molecular complexity index is 599. The maximum atomic E-state index is 4.55. The van der Waals surface area contributed by atoms with E-state index in [1.54, 1.807) is 4.68 Å². The largest absolute Gasteiger partial charge is 0.335 e. The van der Waals surface area contributed by atoms with Crippen LogP contribution in [0.15, 0.2) is 30.3 Å². The molecule has 0 aliphatic rings. The zero-order valence-corrected chi connectivity index (χ0v) is 9.23. The van der Waals surface area contributed by atoms with Crippen LogP contribution in [0.4, 0.5) is 0 Å². The molecule has 2 heterocycles. The van der Waals surface area contributed by atoms with E-state index in [4.69, 9.17) is 0 Å². The number of hydrogen-bond acceptors (Lipinski definition) is 2. The number of aromatic nitrogens is 4. The molecule has 0 bridgehead atoms. The molecule has 0 radical (unpaired) electrons. The van der Waals surface area contributed by atoms with Crippen LogP contribution in [-0.4, -0.2) is 19.7 Å². The number of aryl methyl sites for hydroxylation is 2. The summed E-state index contributed by atoms with van der Waals surface area (Å²) in [4.78, 5) is 7.85. The van der Waals surface area contributed by atoms with Gasteiger partial charge >= 0.3 is 0 Å². The van der Waals surface area contributed by atoms with E-state index < -0.39 is 0 Å². The molecule has 0 spiro atoms. The van der Waals surface area contributed by atoms with E-state index in [0.29, 0.717) is 0 Å². The molecule has 0 aliphatic heterocycles. The number of nitrogens with zero attached hydrogens (tertiary/aromatic N) is 3. The van der Waals surface area contributed by atoms with Crippen LogP contribution in [0.3, 0.4) is 0 Å². The third-order valence-electron chi connectivity index (χ3n) is 2.70. The molecular formula is C12H12N4. The predicted octanol–water partition coefficient (Wildman–Crippen LogP) is 2.27. The summed E-state index contributed by atoms with van der Waals surface area (Å²) in [5.41, 5.74) is 3.99. The highest BCUT2D eigenvalue weighted by Gasteiger charge is 2.11. The number of benzene rings is 1. The van der Waals surface area contributed by atoms with Crippen LogP contribution >= 0.6 is 0 Å². The van der Waals surface area contributed by atoms with Crippen molar-refractivity contribution in [3.63, 3.8) is 0 Å². The minimum atomic E-state index is 0.895. The summed E-state index contributed by atoms with van der Waals surface area (Å²) >= 11 is 0. The van der Waals surface area contributed by atoms with Crippen LogP contribution in [-0.2, 0) is 7.05 Å². The van der Waals surface area contributed by atoms with Crippen LogP contribution < -0.4 is 0 Å². The zero-order chi connectivity index (χ0) is 11.1. The van der Waals surface area contributed by atoms with Crippen LogP contribution in [0.2, 0.25) is 0 Å². The Morgan fingerprint density at radius 1 is 1.19 bits per heavy atom. The summed E-state index contributed by atoms with van der Waals surface area (Å²) in [6.07, 6.45) is 0. The Kier molecular flexibility index (Phi) is 1.83. The van der Waals surface area contributed by atoms with Gasteiger partial charge in [0.15, 0.2) is 5.65 Å².